The molecule has 142 valence electrons. The Morgan fingerprint density at radius 1 is 1.23 bits per heavy atom. The minimum Gasteiger partial charge on any atom is -0.481 e. The third-order valence-electron chi connectivity index (χ3n) is 4.40. The lowest BCUT2D eigenvalue weighted by Gasteiger charge is -2.21. The minimum absolute atomic E-state index is 0.0249. The zero-order valence-corrected chi connectivity index (χ0v) is 15.7. The van der Waals surface area contributed by atoms with E-state index in [2.05, 4.69) is 0 Å². The van der Waals surface area contributed by atoms with Gasteiger partial charge in [-0.3, -0.25) is 9.59 Å². The van der Waals surface area contributed by atoms with E-state index < -0.39 is 12.1 Å². The second-order valence-corrected chi connectivity index (χ2v) is 7.51. The highest BCUT2D eigenvalue weighted by molar-refractivity contribution is 8.13. The van der Waals surface area contributed by atoms with Gasteiger partial charge in [-0.05, 0) is 18.4 Å². The van der Waals surface area contributed by atoms with E-state index in [1.807, 2.05) is 41.3 Å². The summed E-state index contributed by atoms with van der Waals surface area (Å²) >= 11 is 1.32. The van der Waals surface area contributed by atoms with Gasteiger partial charge in [-0.1, -0.05) is 67.1 Å². The molecule has 0 spiro atoms. The fourth-order valence-corrected chi connectivity index (χ4v) is 3.97. The van der Waals surface area contributed by atoms with E-state index >= 15 is 0 Å². The maximum Gasteiger partial charge on any atom is 0.303 e. The fourth-order valence-electron chi connectivity index (χ4n) is 2.97. The van der Waals surface area contributed by atoms with Crippen molar-refractivity contribution < 1.29 is 19.8 Å². The number of aliphatic carboxylic acids is 1. The summed E-state index contributed by atoms with van der Waals surface area (Å²) in [6.07, 6.45) is 7.31. The van der Waals surface area contributed by atoms with E-state index in [9.17, 15) is 14.7 Å². The minimum atomic E-state index is -0.754. The fraction of sp³-hybridized carbons (Fsp3) is 0.500. The van der Waals surface area contributed by atoms with Crippen molar-refractivity contribution in [3.05, 3.63) is 48.0 Å². The zero-order valence-electron chi connectivity index (χ0n) is 14.9. The van der Waals surface area contributed by atoms with Gasteiger partial charge in [0.15, 0.2) is 0 Å². The second kappa shape index (κ2) is 11.0. The van der Waals surface area contributed by atoms with Crippen LogP contribution in [-0.2, 0) is 11.2 Å². The van der Waals surface area contributed by atoms with Crippen LogP contribution in [0.15, 0.2) is 42.5 Å². The van der Waals surface area contributed by atoms with Crippen molar-refractivity contribution in [2.45, 2.75) is 50.7 Å². The molecule has 0 aromatic heterocycles. The van der Waals surface area contributed by atoms with E-state index in [1.54, 1.807) is 6.08 Å². The van der Waals surface area contributed by atoms with Gasteiger partial charge in [0, 0.05) is 25.1 Å². The molecule has 1 unspecified atom stereocenters. The van der Waals surface area contributed by atoms with Crippen molar-refractivity contribution in [1.29, 1.82) is 0 Å². The van der Waals surface area contributed by atoms with Gasteiger partial charge in [0.05, 0.1) is 12.1 Å². The van der Waals surface area contributed by atoms with Crippen molar-refractivity contribution in [1.82, 2.24) is 4.90 Å². The van der Waals surface area contributed by atoms with Gasteiger partial charge in [-0.15, -0.1) is 0 Å². The van der Waals surface area contributed by atoms with E-state index in [0.29, 0.717) is 25.1 Å². The van der Waals surface area contributed by atoms with Crippen LogP contribution in [0.2, 0.25) is 0 Å². The number of hydrogen-bond donors (Lipinski definition) is 2. The predicted octanol–water partition coefficient (Wildman–Crippen LogP) is 3.72. The summed E-state index contributed by atoms with van der Waals surface area (Å²) in [5.41, 5.74) is 1.08. The van der Waals surface area contributed by atoms with Crippen molar-refractivity contribution in [3.8, 4) is 0 Å². The molecule has 5 nitrogen and oxygen atoms in total. The van der Waals surface area contributed by atoms with Gasteiger partial charge in [0.2, 0.25) is 0 Å². The molecule has 0 aliphatic carbocycles. The quantitative estimate of drug-likeness (QED) is 0.454. The Hall–Kier alpha value is -1.79. The molecule has 0 radical (unpaired) electrons. The summed E-state index contributed by atoms with van der Waals surface area (Å²) in [5.74, 6) is -0.0396. The number of nitrogens with zero attached hydrogens (tertiary/aromatic N) is 1. The lowest BCUT2D eigenvalue weighted by molar-refractivity contribution is -0.137. The summed E-state index contributed by atoms with van der Waals surface area (Å²) in [6, 6.07) is 9.86. The first kappa shape index (κ1) is 20.5. The third kappa shape index (κ3) is 7.22. The first-order valence-corrected chi connectivity index (χ1v) is 10.1. The molecule has 6 heteroatoms. The molecule has 26 heavy (non-hydrogen) atoms. The normalized spacial score (nSPS) is 18.6. The molecule has 2 N–H and O–H groups in total. The van der Waals surface area contributed by atoms with Crippen molar-refractivity contribution in [3.63, 3.8) is 0 Å². The molecule has 1 fully saturated rings. The van der Waals surface area contributed by atoms with Crippen molar-refractivity contribution >= 4 is 23.0 Å². The molecule has 1 amide bonds. The molecule has 2 atom stereocenters. The smallest absolute Gasteiger partial charge is 0.303 e. The largest absolute Gasteiger partial charge is 0.481 e. The molecule has 1 aliphatic heterocycles. The number of aliphatic hydroxyl groups is 1. The number of rotatable bonds is 11. The lowest BCUT2D eigenvalue weighted by Crippen LogP contribution is -2.33. The first-order chi connectivity index (χ1) is 12.6. The van der Waals surface area contributed by atoms with Gasteiger partial charge < -0.3 is 15.1 Å². The van der Waals surface area contributed by atoms with E-state index in [-0.39, 0.29) is 17.7 Å². The highest BCUT2D eigenvalue weighted by Crippen LogP contribution is 2.25. The van der Waals surface area contributed by atoms with Crippen LogP contribution >= 0.6 is 11.8 Å². The second-order valence-electron chi connectivity index (χ2n) is 6.54. The average molecular weight is 378 g/mol. The van der Waals surface area contributed by atoms with Gasteiger partial charge in [-0.25, -0.2) is 0 Å². The average Bonchev–Trinajstić information content (AvgIpc) is 2.97. The number of carboxylic acids is 1. The van der Waals surface area contributed by atoms with Crippen LogP contribution in [0.25, 0.3) is 0 Å². The summed E-state index contributed by atoms with van der Waals surface area (Å²) in [4.78, 5) is 24.4. The Bertz CT molecular complexity index is 605. The summed E-state index contributed by atoms with van der Waals surface area (Å²) in [7, 11) is 0. The Morgan fingerprint density at radius 2 is 1.96 bits per heavy atom. The van der Waals surface area contributed by atoms with E-state index in [4.69, 9.17) is 5.11 Å². The number of benzene rings is 1. The topological polar surface area (TPSA) is 77.8 Å². The summed E-state index contributed by atoms with van der Waals surface area (Å²) in [5, 5.41) is 18.9. The van der Waals surface area contributed by atoms with E-state index in [1.165, 1.54) is 11.8 Å². The monoisotopic (exact) mass is 377 g/mol. The van der Waals surface area contributed by atoms with Crippen LogP contribution in [0, 0.1) is 0 Å². The highest BCUT2D eigenvalue weighted by atomic mass is 32.2. The standard InChI is InChI=1S/C20H27NO4S/c22-18(14-16-8-4-3-5-9-16)12-11-17-15-26-20(25)21(17)13-7-2-1-6-10-19(23)24/h3-5,8-9,11-12,17-18,22H,1-2,6-7,10,13-15H2,(H,23,24)/t17-,18?/m0/s1. The Kier molecular flexibility index (Phi) is 8.71. The molecule has 0 bridgehead atoms. The maximum absolute atomic E-state index is 12.0. The van der Waals surface area contributed by atoms with Crippen LogP contribution in [0.4, 0.5) is 4.79 Å². The van der Waals surface area contributed by atoms with Crippen LogP contribution in [-0.4, -0.2) is 50.8 Å². The van der Waals surface area contributed by atoms with Gasteiger partial charge >= 0.3 is 5.97 Å². The number of carboxylic acid groups (broad SMARTS) is 1. The molecule has 2 rings (SSSR count). The van der Waals surface area contributed by atoms with Crippen LogP contribution in [0.5, 0.6) is 0 Å². The van der Waals surface area contributed by atoms with Crippen LogP contribution in [0.3, 0.4) is 0 Å². The molecular formula is C20H27NO4S. The van der Waals surface area contributed by atoms with Crippen molar-refractivity contribution in [2.24, 2.45) is 0 Å². The van der Waals surface area contributed by atoms with Crippen LogP contribution in [0.1, 0.15) is 37.7 Å². The van der Waals surface area contributed by atoms with Crippen molar-refractivity contribution in [2.75, 3.05) is 12.3 Å². The first-order valence-electron chi connectivity index (χ1n) is 9.12. The molecule has 1 heterocycles. The SMILES string of the molecule is O=C(O)CCCCCCN1C(=O)SC[C@@H]1C=CC(O)Cc1ccccc1. The Balaban J connectivity index is 1.74. The zero-order chi connectivity index (χ0) is 18.8. The van der Waals surface area contributed by atoms with Crippen LogP contribution < -0.4 is 0 Å². The maximum atomic E-state index is 12.0. The molecular weight excluding hydrogens is 350 g/mol. The van der Waals surface area contributed by atoms with Gasteiger partial charge in [-0.2, -0.15) is 0 Å². The number of amides is 1. The summed E-state index contributed by atoms with van der Waals surface area (Å²) in [6.45, 7) is 0.683. The molecule has 1 saturated heterocycles. The number of thioether (sulfide) groups is 1. The number of hydrogen-bond acceptors (Lipinski definition) is 4. The Morgan fingerprint density at radius 3 is 2.69 bits per heavy atom. The number of aliphatic hydroxyl groups excluding tert-OH is 1. The number of carbonyl (C=O) groups is 2. The lowest BCUT2D eigenvalue weighted by atomic mass is 10.1. The molecule has 1 aromatic rings. The van der Waals surface area contributed by atoms with E-state index in [0.717, 1.165) is 24.8 Å². The highest BCUT2D eigenvalue weighted by Gasteiger charge is 2.29. The Labute approximate surface area is 159 Å². The number of unbranched alkanes of at least 4 members (excludes halogenated alkanes) is 3. The number of carbonyl (C=O) groups excluding carboxylic acids is 1. The molecule has 1 aliphatic rings. The third-order valence-corrected chi connectivity index (χ3v) is 5.38. The molecule has 1 aromatic carbocycles. The summed E-state index contributed by atoms with van der Waals surface area (Å²) < 4.78 is 0. The van der Waals surface area contributed by atoms with Gasteiger partial charge in [0.1, 0.15) is 0 Å². The molecule has 0 saturated carbocycles. The van der Waals surface area contributed by atoms with Gasteiger partial charge in [0.25, 0.3) is 5.24 Å². The predicted molar refractivity (Wildman–Crippen MR) is 104 cm³/mol.